The van der Waals surface area contributed by atoms with Crippen LogP contribution in [0.15, 0.2) is 35.5 Å². The Bertz CT molecular complexity index is 750. The second kappa shape index (κ2) is 8.47. The predicted molar refractivity (Wildman–Crippen MR) is 113 cm³/mol. The van der Waals surface area contributed by atoms with E-state index in [1.54, 1.807) is 0 Å². The minimum absolute atomic E-state index is 0.0346. The van der Waals surface area contributed by atoms with Gasteiger partial charge in [-0.1, -0.05) is 44.1 Å². The van der Waals surface area contributed by atoms with Gasteiger partial charge in [0.1, 0.15) is 0 Å². The molecule has 1 aliphatic carbocycles. The van der Waals surface area contributed by atoms with Crippen molar-refractivity contribution in [3.63, 3.8) is 0 Å². The number of hydrogen-bond donors (Lipinski definition) is 2. The summed E-state index contributed by atoms with van der Waals surface area (Å²) in [6.07, 6.45) is 9.40. The largest absolute Gasteiger partial charge is 0.444 e. The number of amides is 1. The number of rotatable bonds is 2. The molecule has 0 aromatic carbocycles. The molecule has 0 bridgehead atoms. The van der Waals surface area contributed by atoms with Gasteiger partial charge < -0.3 is 15.2 Å². The molecule has 6 atom stereocenters. The van der Waals surface area contributed by atoms with E-state index in [0.29, 0.717) is 12.3 Å². The lowest BCUT2D eigenvalue weighted by molar-refractivity contribution is -0.172. The minimum Gasteiger partial charge on any atom is -0.444 e. The van der Waals surface area contributed by atoms with Crippen LogP contribution in [0, 0.1) is 23.7 Å². The van der Waals surface area contributed by atoms with Gasteiger partial charge in [0.05, 0.1) is 6.10 Å². The molecule has 0 unspecified atom stereocenters. The van der Waals surface area contributed by atoms with Gasteiger partial charge in [-0.3, -0.25) is 4.79 Å². The molecule has 29 heavy (non-hydrogen) atoms. The molecule has 0 aromatic heterocycles. The molecule has 0 aromatic rings. The maximum Gasteiger partial charge on any atom is 0.331 e. The Hall–Kier alpha value is -1.88. The van der Waals surface area contributed by atoms with Crippen LogP contribution in [0.5, 0.6) is 0 Å². The first kappa shape index (κ1) is 21.8. The second-order valence-corrected chi connectivity index (χ2v) is 9.51. The Kier molecular flexibility index (Phi) is 6.37. The number of ether oxygens (including phenoxy) is 1. The molecule has 1 amide bonds. The third kappa shape index (κ3) is 4.20. The number of esters is 1. The highest BCUT2D eigenvalue weighted by atomic mass is 16.6. The molecular formula is C24H35NO4. The molecule has 2 aliphatic heterocycles. The van der Waals surface area contributed by atoms with Crippen molar-refractivity contribution < 1.29 is 19.4 Å². The van der Waals surface area contributed by atoms with Crippen LogP contribution >= 0.6 is 0 Å². The standard InChI is InChI=1S/C24H35NO4/c1-14(2)11-20-22-17(5)16(4)13-18-12-15(3)7-6-8-19(26)9-10-21(27)29-24(18,22)23(28)25-20/h9-10,12-14,17-20,22,26H,6-8,11H2,1-5H3,(H,25,28)/b10-9+,15-12?/t17-,18-,19-,20-,22-,24+/m0/s1. The fourth-order valence-corrected chi connectivity index (χ4v) is 5.29. The van der Waals surface area contributed by atoms with Crippen LogP contribution in [0.25, 0.3) is 0 Å². The normalized spacial score (nSPS) is 39.2. The van der Waals surface area contributed by atoms with Crippen molar-refractivity contribution in [2.45, 2.75) is 78.0 Å². The predicted octanol–water partition coefficient (Wildman–Crippen LogP) is 3.69. The molecule has 1 spiro atoms. The molecule has 2 heterocycles. The first-order valence-corrected chi connectivity index (χ1v) is 10.9. The number of carbonyl (C=O) groups excluding carboxylic acids is 2. The maximum atomic E-state index is 13.4. The lowest BCUT2D eigenvalue weighted by atomic mass is 9.63. The van der Waals surface area contributed by atoms with Crippen LogP contribution in [0.3, 0.4) is 0 Å². The summed E-state index contributed by atoms with van der Waals surface area (Å²) in [6, 6.07) is -0.0346. The van der Waals surface area contributed by atoms with Crippen molar-refractivity contribution in [1.29, 1.82) is 0 Å². The highest BCUT2D eigenvalue weighted by Crippen LogP contribution is 2.50. The number of aliphatic hydroxyl groups excluding tert-OH is 1. The Morgan fingerprint density at radius 1 is 1.28 bits per heavy atom. The van der Waals surface area contributed by atoms with Gasteiger partial charge in [0.2, 0.25) is 5.60 Å². The van der Waals surface area contributed by atoms with Crippen molar-refractivity contribution >= 4 is 11.9 Å². The van der Waals surface area contributed by atoms with Crippen LogP contribution in [0.2, 0.25) is 0 Å². The highest BCUT2D eigenvalue weighted by Gasteiger charge is 2.64. The van der Waals surface area contributed by atoms with Crippen LogP contribution in [0.1, 0.15) is 60.3 Å². The van der Waals surface area contributed by atoms with Gasteiger partial charge in [-0.05, 0) is 57.4 Å². The zero-order valence-electron chi connectivity index (χ0n) is 18.3. The lowest BCUT2D eigenvalue weighted by Crippen LogP contribution is -2.56. The first-order valence-electron chi connectivity index (χ1n) is 10.9. The van der Waals surface area contributed by atoms with E-state index in [2.05, 4.69) is 52.1 Å². The molecule has 3 aliphatic rings. The van der Waals surface area contributed by atoms with Crippen LogP contribution in [0.4, 0.5) is 0 Å². The van der Waals surface area contributed by atoms with E-state index in [-0.39, 0.29) is 29.7 Å². The Labute approximate surface area is 174 Å². The van der Waals surface area contributed by atoms with Gasteiger partial charge in [0.15, 0.2) is 0 Å². The first-order chi connectivity index (χ1) is 13.6. The Morgan fingerprint density at radius 3 is 2.69 bits per heavy atom. The lowest BCUT2D eigenvalue weighted by Gasteiger charge is -2.45. The zero-order chi connectivity index (χ0) is 21.3. The summed E-state index contributed by atoms with van der Waals surface area (Å²) < 4.78 is 6.04. The summed E-state index contributed by atoms with van der Waals surface area (Å²) >= 11 is 0. The molecule has 5 nitrogen and oxygen atoms in total. The van der Waals surface area contributed by atoms with Crippen LogP contribution in [-0.2, 0) is 14.3 Å². The minimum atomic E-state index is -1.24. The van der Waals surface area contributed by atoms with Crippen molar-refractivity contribution in [3.05, 3.63) is 35.5 Å². The molecule has 0 radical (unpaired) electrons. The van der Waals surface area contributed by atoms with Gasteiger partial charge in [0, 0.05) is 24.0 Å². The van der Waals surface area contributed by atoms with E-state index in [1.165, 1.54) is 17.7 Å². The molecule has 1 fully saturated rings. The molecule has 1 saturated heterocycles. The number of carbonyl (C=O) groups is 2. The summed E-state index contributed by atoms with van der Waals surface area (Å²) in [7, 11) is 0. The van der Waals surface area contributed by atoms with E-state index < -0.39 is 17.7 Å². The van der Waals surface area contributed by atoms with E-state index >= 15 is 0 Å². The van der Waals surface area contributed by atoms with Gasteiger partial charge in [-0.25, -0.2) is 4.79 Å². The van der Waals surface area contributed by atoms with Crippen molar-refractivity contribution in [1.82, 2.24) is 5.32 Å². The molecule has 5 heteroatoms. The quantitative estimate of drug-likeness (QED) is 0.547. The summed E-state index contributed by atoms with van der Waals surface area (Å²) in [6.45, 7) is 10.6. The number of aliphatic hydroxyl groups is 1. The van der Waals surface area contributed by atoms with E-state index in [4.69, 9.17) is 4.74 Å². The highest BCUT2D eigenvalue weighted by molar-refractivity contribution is 5.94. The summed E-state index contributed by atoms with van der Waals surface area (Å²) in [5.41, 5.74) is 1.14. The van der Waals surface area contributed by atoms with Gasteiger partial charge in [0.25, 0.3) is 5.91 Å². The molecule has 0 saturated carbocycles. The van der Waals surface area contributed by atoms with E-state index in [0.717, 1.165) is 24.8 Å². The van der Waals surface area contributed by atoms with Gasteiger partial charge in [-0.15, -0.1) is 0 Å². The third-order valence-corrected chi connectivity index (χ3v) is 6.78. The van der Waals surface area contributed by atoms with E-state index in [1.807, 2.05) is 0 Å². The molecular weight excluding hydrogens is 366 g/mol. The monoisotopic (exact) mass is 401 g/mol. The fraction of sp³-hybridized carbons (Fsp3) is 0.667. The summed E-state index contributed by atoms with van der Waals surface area (Å²) in [5, 5.41) is 13.3. The number of hydrogen-bond acceptors (Lipinski definition) is 4. The number of allylic oxidation sites excluding steroid dienone is 2. The maximum absolute atomic E-state index is 13.4. The third-order valence-electron chi connectivity index (χ3n) is 6.78. The molecule has 160 valence electrons. The Balaban J connectivity index is 2.13. The van der Waals surface area contributed by atoms with Crippen molar-refractivity contribution in [2.24, 2.45) is 23.7 Å². The summed E-state index contributed by atoms with van der Waals surface area (Å²) in [5.74, 6) is -0.632. The molecule has 3 rings (SSSR count). The van der Waals surface area contributed by atoms with Gasteiger partial charge in [-0.2, -0.15) is 0 Å². The van der Waals surface area contributed by atoms with Crippen molar-refractivity contribution in [3.8, 4) is 0 Å². The van der Waals surface area contributed by atoms with E-state index in [9.17, 15) is 14.7 Å². The van der Waals surface area contributed by atoms with Crippen LogP contribution in [-0.4, -0.2) is 34.7 Å². The SMILES string of the molecule is CC1=C[C@H]2C=C(C)[C@H](C)[C@H]3[C@H](CC(C)C)NC(=O)[C@@]23OC(=O)/C=C/[C@@H](O)CCC1. The average Bonchev–Trinajstić information content (AvgIpc) is 2.89. The smallest absolute Gasteiger partial charge is 0.331 e. The van der Waals surface area contributed by atoms with Crippen molar-refractivity contribution in [2.75, 3.05) is 0 Å². The topological polar surface area (TPSA) is 75.6 Å². The molecule has 2 N–H and O–H groups in total. The number of nitrogens with one attached hydrogen (secondary N) is 1. The van der Waals surface area contributed by atoms with Gasteiger partial charge >= 0.3 is 5.97 Å². The summed E-state index contributed by atoms with van der Waals surface area (Å²) in [4.78, 5) is 26.2. The second-order valence-electron chi connectivity index (χ2n) is 9.51. The average molecular weight is 402 g/mol. The fourth-order valence-electron chi connectivity index (χ4n) is 5.29. The van der Waals surface area contributed by atoms with Crippen LogP contribution < -0.4 is 5.32 Å². The Morgan fingerprint density at radius 2 is 2.00 bits per heavy atom. The zero-order valence-corrected chi connectivity index (χ0v) is 18.3.